The van der Waals surface area contributed by atoms with Gasteiger partial charge in [0.05, 0.1) is 4.92 Å². The summed E-state index contributed by atoms with van der Waals surface area (Å²) in [6.07, 6.45) is 2.74. The molecule has 0 fully saturated rings. The van der Waals surface area contributed by atoms with Gasteiger partial charge in [-0.15, -0.1) is 0 Å². The zero-order chi connectivity index (χ0) is 21.3. The van der Waals surface area contributed by atoms with Crippen molar-refractivity contribution in [2.45, 2.75) is 0 Å². The van der Waals surface area contributed by atoms with E-state index in [1.807, 2.05) is 54.6 Å². The van der Waals surface area contributed by atoms with Crippen LogP contribution in [0.15, 0.2) is 84.9 Å². The number of para-hydroxylation sites is 1. The van der Waals surface area contributed by atoms with Gasteiger partial charge in [-0.25, -0.2) is 0 Å². The second-order valence-electron chi connectivity index (χ2n) is 6.20. The van der Waals surface area contributed by atoms with E-state index in [-0.39, 0.29) is 10.8 Å². The average Bonchev–Trinajstić information content (AvgIpc) is 2.74. The zero-order valence-electron chi connectivity index (χ0n) is 15.7. The number of non-ortho nitro benzene ring substituents is 1. The first-order valence-electron chi connectivity index (χ1n) is 8.96. The lowest BCUT2D eigenvalue weighted by Gasteiger charge is -2.10. The molecule has 0 heterocycles. The smallest absolute Gasteiger partial charge is 0.270 e. The van der Waals surface area contributed by atoms with E-state index in [0.29, 0.717) is 5.56 Å². The van der Waals surface area contributed by atoms with Crippen LogP contribution in [0.3, 0.4) is 0 Å². The van der Waals surface area contributed by atoms with Crippen molar-refractivity contribution in [1.82, 2.24) is 5.32 Å². The van der Waals surface area contributed by atoms with Crippen molar-refractivity contribution in [3.05, 3.63) is 101 Å². The summed E-state index contributed by atoms with van der Waals surface area (Å²) in [7, 11) is 0. The third kappa shape index (κ3) is 6.25. The Balaban J connectivity index is 1.51. The molecule has 3 aromatic carbocycles. The third-order valence-electron chi connectivity index (χ3n) is 3.95. The molecule has 7 nitrogen and oxygen atoms in total. The van der Waals surface area contributed by atoms with E-state index in [4.69, 9.17) is 12.2 Å². The Morgan fingerprint density at radius 3 is 2.27 bits per heavy atom. The fourth-order valence-corrected chi connectivity index (χ4v) is 2.77. The van der Waals surface area contributed by atoms with Crippen molar-refractivity contribution in [1.29, 1.82) is 0 Å². The van der Waals surface area contributed by atoms with Crippen molar-refractivity contribution in [3.63, 3.8) is 0 Å². The first kappa shape index (κ1) is 20.7. The van der Waals surface area contributed by atoms with Gasteiger partial charge in [-0.3, -0.25) is 20.2 Å². The Morgan fingerprint density at radius 2 is 1.57 bits per heavy atom. The van der Waals surface area contributed by atoms with E-state index >= 15 is 0 Å². The van der Waals surface area contributed by atoms with Gasteiger partial charge in [0.25, 0.3) is 5.69 Å². The number of nitro groups is 1. The number of amides is 1. The minimum atomic E-state index is -0.489. The molecule has 0 saturated heterocycles. The number of hydrogen-bond acceptors (Lipinski definition) is 5. The van der Waals surface area contributed by atoms with Crippen LogP contribution in [0.4, 0.5) is 22.7 Å². The Morgan fingerprint density at radius 1 is 0.900 bits per heavy atom. The molecule has 8 heteroatoms. The van der Waals surface area contributed by atoms with Crippen LogP contribution in [0.5, 0.6) is 0 Å². The van der Waals surface area contributed by atoms with Gasteiger partial charge in [-0.2, -0.15) is 0 Å². The Kier molecular flexibility index (Phi) is 6.86. The van der Waals surface area contributed by atoms with E-state index in [1.165, 1.54) is 24.3 Å². The van der Waals surface area contributed by atoms with Crippen LogP contribution in [0.1, 0.15) is 5.56 Å². The van der Waals surface area contributed by atoms with Crippen molar-refractivity contribution in [2.24, 2.45) is 0 Å². The Bertz CT molecular complexity index is 1080. The van der Waals surface area contributed by atoms with Crippen molar-refractivity contribution in [2.75, 3.05) is 10.6 Å². The molecule has 0 aromatic heterocycles. The quantitative estimate of drug-likeness (QED) is 0.229. The largest absolute Gasteiger partial charge is 0.356 e. The van der Waals surface area contributed by atoms with Crippen molar-refractivity contribution < 1.29 is 9.72 Å². The summed E-state index contributed by atoms with van der Waals surface area (Å²) in [6, 6.07) is 23.2. The molecule has 150 valence electrons. The summed E-state index contributed by atoms with van der Waals surface area (Å²) >= 11 is 5.15. The molecule has 0 unspecified atom stereocenters. The number of benzene rings is 3. The zero-order valence-corrected chi connectivity index (χ0v) is 16.6. The molecular weight excluding hydrogens is 400 g/mol. The van der Waals surface area contributed by atoms with Gasteiger partial charge in [-0.05, 0) is 60.3 Å². The van der Waals surface area contributed by atoms with E-state index < -0.39 is 10.8 Å². The number of anilines is 3. The summed E-state index contributed by atoms with van der Waals surface area (Å²) in [6.45, 7) is 0. The molecule has 1 amide bonds. The van der Waals surface area contributed by atoms with Crippen LogP contribution >= 0.6 is 12.2 Å². The highest BCUT2D eigenvalue weighted by Gasteiger charge is 2.05. The number of carbonyl (C=O) groups is 1. The second-order valence-corrected chi connectivity index (χ2v) is 6.61. The van der Waals surface area contributed by atoms with Crippen molar-refractivity contribution in [3.8, 4) is 0 Å². The van der Waals surface area contributed by atoms with Gasteiger partial charge in [0.15, 0.2) is 5.11 Å². The van der Waals surface area contributed by atoms with E-state index in [2.05, 4.69) is 16.0 Å². The molecule has 30 heavy (non-hydrogen) atoms. The van der Waals surface area contributed by atoms with Crippen LogP contribution in [0.25, 0.3) is 6.08 Å². The number of nitrogens with zero attached hydrogens (tertiary/aromatic N) is 1. The number of nitro benzene ring substituents is 1. The first-order valence-corrected chi connectivity index (χ1v) is 9.37. The summed E-state index contributed by atoms with van der Waals surface area (Å²) in [4.78, 5) is 22.3. The number of thiocarbonyl (C=S) groups is 1. The van der Waals surface area contributed by atoms with E-state index in [9.17, 15) is 14.9 Å². The van der Waals surface area contributed by atoms with Crippen LogP contribution in [0, 0.1) is 10.1 Å². The predicted octanol–water partition coefficient (Wildman–Crippen LogP) is 4.86. The Labute approximate surface area is 178 Å². The highest BCUT2D eigenvalue weighted by molar-refractivity contribution is 7.80. The van der Waals surface area contributed by atoms with Gasteiger partial charge in [0, 0.05) is 35.3 Å². The normalized spacial score (nSPS) is 10.4. The fraction of sp³-hybridized carbons (Fsp3) is 0. The number of rotatable bonds is 6. The summed E-state index contributed by atoms with van der Waals surface area (Å²) in [5, 5.41) is 19.7. The van der Waals surface area contributed by atoms with Gasteiger partial charge in [0.2, 0.25) is 5.91 Å². The molecule has 0 spiro atoms. The van der Waals surface area contributed by atoms with Crippen LogP contribution < -0.4 is 16.0 Å². The monoisotopic (exact) mass is 418 g/mol. The predicted molar refractivity (Wildman–Crippen MR) is 123 cm³/mol. The van der Waals surface area contributed by atoms with Gasteiger partial charge >= 0.3 is 0 Å². The summed E-state index contributed by atoms with van der Waals surface area (Å²) in [5.74, 6) is -0.443. The first-order chi connectivity index (χ1) is 14.5. The minimum absolute atomic E-state index is 0.0417. The highest BCUT2D eigenvalue weighted by Crippen LogP contribution is 2.18. The molecule has 0 radical (unpaired) electrons. The number of nitrogens with one attached hydrogen (secondary N) is 3. The van der Waals surface area contributed by atoms with E-state index in [0.717, 1.165) is 17.1 Å². The summed E-state index contributed by atoms with van der Waals surface area (Å²) < 4.78 is 0. The highest BCUT2D eigenvalue weighted by atomic mass is 32.1. The molecule has 0 aliphatic carbocycles. The molecule has 3 aromatic rings. The van der Waals surface area contributed by atoms with Crippen LogP contribution in [-0.2, 0) is 4.79 Å². The lowest BCUT2D eigenvalue weighted by Crippen LogP contribution is -2.32. The Hall–Kier alpha value is -4.04. The minimum Gasteiger partial charge on any atom is -0.356 e. The molecule has 3 rings (SSSR count). The standard InChI is InChI=1S/C22H18N4O3S/c27-21(14-9-16-5-4-8-20(15-16)26(28)29)25-22(30)24-19-12-10-18(11-13-19)23-17-6-2-1-3-7-17/h1-15,23H,(H2,24,25,27,30)/b14-9+. The van der Waals surface area contributed by atoms with Gasteiger partial charge in [-0.1, -0.05) is 30.3 Å². The molecule has 0 saturated carbocycles. The molecule has 0 atom stereocenters. The molecule has 0 bridgehead atoms. The van der Waals surface area contributed by atoms with Gasteiger partial charge in [0.1, 0.15) is 0 Å². The maximum absolute atomic E-state index is 12.0. The molecule has 0 aliphatic rings. The number of hydrogen-bond donors (Lipinski definition) is 3. The lowest BCUT2D eigenvalue weighted by molar-refractivity contribution is -0.384. The molecular formula is C22H18N4O3S. The van der Waals surface area contributed by atoms with Crippen LogP contribution in [0.2, 0.25) is 0 Å². The molecule has 0 aliphatic heterocycles. The fourth-order valence-electron chi connectivity index (χ4n) is 2.55. The lowest BCUT2D eigenvalue weighted by atomic mass is 10.2. The average molecular weight is 418 g/mol. The van der Waals surface area contributed by atoms with Crippen LogP contribution in [-0.4, -0.2) is 15.9 Å². The topological polar surface area (TPSA) is 96.3 Å². The maximum atomic E-state index is 12.0. The number of carbonyl (C=O) groups excluding carboxylic acids is 1. The summed E-state index contributed by atoms with van der Waals surface area (Å²) in [5.41, 5.74) is 3.12. The second kappa shape index (κ2) is 9.94. The maximum Gasteiger partial charge on any atom is 0.270 e. The SMILES string of the molecule is O=C(/C=C/c1cccc([N+](=O)[O-])c1)NC(=S)Nc1ccc(Nc2ccccc2)cc1. The molecule has 3 N–H and O–H groups in total. The third-order valence-corrected chi connectivity index (χ3v) is 4.15. The van der Waals surface area contributed by atoms with E-state index in [1.54, 1.807) is 12.1 Å². The van der Waals surface area contributed by atoms with Gasteiger partial charge < -0.3 is 10.6 Å². The van der Waals surface area contributed by atoms with Crippen molar-refractivity contribution >= 4 is 52.1 Å².